The van der Waals surface area contributed by atoms with Gasteiger partial charge in [0.15, 0.2) is 0 Å². The van der Waals surface area contributed by atoms with Gasteiger partial charge in [0.2, 0.25) is 0 Å². The maximum Gasteiger partial charge on any atom is 0.282 e. The number of carbonyl (C=O) groups excluding carboxylic acids is 1. The Balaban J connectivity index is 2.95. The van der Waals surface area contributed by atoms with Crippen molar-refractivity contribution in [3.05, 3.63) is 29.3 Å². The summed E-state index contributed by atoms with van der Waals surface area (Å²) >= 11 is 9.41. The largest absolute Gasteiger partial charge is 0.307 e. The predicted molar refractivity (Wildman–Crippen MR) is 54.2 cm³/mol. The van der Waals surface area contributed by atoms with Gasteiger partial charge in [0.25, 0.3) is 5.24 Å². The first-order valence-electron chi connectivity index (χ1n) is 3.33. The summed E-state index contributed by atoms with van der Waals surface area (Å²) in [6.07, 6.45) is 0. The van der Waals surface area contributed by atoms with E-state index < -0.39 is 0 Å². The average Bonchev–Trinajstić information content (AvgIpc) is 2.03. The Labute approximate surface area is 81.5 Å². The number of hydrogen-bond donors (Lipinski definition) is 1. The van der Waals surface area contributed by atoms with Crippen molar-refractivity contribution >= 4 is 35.2 Å². The molecule has 0 aromatic heterocycles. The van der Waals surface area contributed by atoms with E-state index in [0.29, 0.717) is 5.02 Å². The predicted octanol–water partition coefficient (Wildman–Crippen LogP) is 2.83. The monoisotopic (exact) mass is 201 g/mol. The van der Waals surface area contributed by atoms with Crippen molar-refractivity contribution in [2.45, 2.75) is 0 Å². The van der Waals surface area contributed by atoms with E-state index in [0.717, 1.165) is 5.69 Å². The maximum absolute atomic E-state index is 10.8. The fraction of sp³-hybridized carbons (Fsp3) is 0.125. The van der Waals surface area contributed by atoms with Crippen LogP contribution in [0.2, 0.25) is 5.02 Å². The van der Waals surface area contributed by atoms with Crippen LogP contribution >= 0.6 is 24.2 Å². The third-order valence-electron chi connectivity index (χ3n) is 1.48. The number of hydrogen-bond acceptors (Lipinski definition) is 1. The zero-order valence-electron chi connectivity index (χ0n) is 6.49. The minimum absolute atomic E-state index is 0.308. The van der Waals surface area contributed by atoms with Gasteiger partial charge in [-0.3, -0.25) is 4.79 Å². The number of thiol groups is 1. The second kappa shape index (κ2) is 3.83. The molecule has 1 aromatic carbocycles. The fourth-order valence-electron chi connectivity index (χ4n) is 0.795. The first-order chi connectivity index (χ1) is 5.61. The van der Waals surface area contributed by atoms with E-state index in [-0.39, 0.29) is 5.24 Å². The Kier molecular flexibility index (Phi) is 3.00. The van der Waals surface area contributed by atoms with Crippen molar-refractivity contribution in [2.24, 2.45) is 0 Å². The van der Waals surface area contributed by atoms with Gasteiger partial charge < -0.3 is 4.90 Å². The maximum atomic E-state index is 10.8. The lowest BCUT2D eigenvalue weighted by Gasteiger charge is -2.13. The van der Waals surface area contributed by atoms with Crippen LogP contribution in [0.4, 0.5) is 10.5 Å². The van der Waals surface area contributed by atoms with E-state index in [9.17, 15) is 4.79 Å². The summed E-state index contributed by atoms with van der Waals surface area (Å²) in [6.45, 7) is 0. The molecule has 2 nitrogen and oxygen atoms in total. The molecule has 0 saturated heterocycles. The molecular weight excluding hydrogens is 194 g/mol. The standard InChI is InChI=1S/C8H8ClNOS/c1-10(8(11)12)7-4-2-3-6(9)5-7/h2-5H,1H3,(H,11,12). The molecule has 1 rings (SSSR count). The van der Waals surface area contributed by atoms with Gasteiger partial charge in [0.05, 0.1) is 0 Å². The number of amides is 1. The molecule has 0 saturated carbocycles. The second-order valence-electron chi connectivity index (χ2n) is 2.32. The lowest BCUT2D eigenvalue weighted by Crippen LogP contribution is -2.19. The summed E-state index contributed by atoms with van der Waals surface area (Å²) < 4.78 is 0. The van der Waals surface area contributed by atoms with E-state index >= 15 is 0 Å². The molecule has 4 heteroatoms. The van der Waals surface area contributed by atoms with Gasteiger partial charge in [-0.1, -0.05) is 30.3 Å². The first-order valence-corrected chi connectivity index (χ1v) is 4.16. The highest BCUT2D eigenvalue weighted by molar-refractivity contribution is 7.96. The Morgan fingerprint density at radius 3 is 2.75 bits per heavy atom. The van der Waals surface area contributed by atoms with Gasteiger partial charge >= 0.3 is 0 Å². The smallest absolute Gasteiger partial charge is 0.282 e. The number of halogens is 1. The Bertz CT molecular complexity index is 303. The number of anilines is 1. The summed E-state index contributed by atoms with van der Waals surface area (Å²) in [7, 11) is 1.64. The third kappa shape index (κ3) is 2.16. The summed E-state index contributed by atoms with van der Waals surface area (Å²) in [5.41, 5.74) is 0.738. The average molecular weight is 202 g/mol. The Hall–Kier alpha value is -0.670. The van der Waals surface area contributed by atoms with Crippen molar-refractivity contribution in [1.29, 1.82) is 0 Å². The quantitative estimate of drug-likeness (QED) is 0.693. The highest BCUT2D eigenvalue weighted by atomic mass is 35.5. The minimum atomic E-state index is -0.308. The molecule has 64 valence electrons. The molecule has 1 aromatic rings. The van der Waals surface area contributed by atoms with Crippen molar-refractivity contribution in [1.82, 2.24) is 0 Å². The van der Waals surface area contributed by atoms with Crippen molar-refractivity contribution in [2.75, 3.05) is 11.9 Å². The van der Waals surface area contributed by atoms with Crippen LogP contribution in [0, 0.1) is 0 Å². The molecule has 0 aliphatic carbocycles. The van der Waals surface area contributed by atoms with Crippen LogP contribution in [-0.2, 0) is 0 Å². The molecule has 12 heavy (non-hydrogen) atoms. The third-order valence-corrected chi connectivity index (χ3v) is 2.02. The number of benzene rings is 1. The lowest BCUT2D eigenvalue weighted by atomic mass is 10.3. The highest BCUT2D eigenvalue weighted by Gasteiger charge is 2.05. The topological polar surface area (TPSA) is 20.3 Å². The molecular formula is C8H8ClNOS. The molecule has 0 aliphatic rings. The normalized spacial score (nSPS) is 9.58. The summed E-state index contributed by atoms with van der Waals surface area (Å²) in [5, 5.41) is 0.297. The number of nitrogens with zero attached hydrogens (tertiary/aromatic N) is 1. The van der Waals surface area contributed by atoms with E-state index in [2.05, 4.69) is 12.6 Å². The first kappa shape index (κ1) is 9.42. The summed E-state index contributed by atoms with van der Waals surface area (Å²) in [6, 6.07) is 7.03. The molecule has 0 fully saturated rings. The Morgan fingerprint density at radius 2 is 2.25 bits per heavy atom. The molecule has 0 spiro atoms. The van der Waals surface area contributed by atoms with Crippen LogP contribution in [-0.4, -0.2) is 12.3 Å². The van der Waals surface area contributed by atoms with Gasteiger partial charge in [-0.05, 0) is 18.2 Å². The van der Waals surface area contributed by atoms with Crippen LogP contribution < -0.4 is 4.90 Å². The van der Waals surface area contributed by atoms with Gasteiger partial charge in [-0.2, -0.15) is 0 Å². The summed E-state index contributed by atoms with van der Waals surface area (Å²) in [5.74, 6) is 0. The minimum Gasteiger partial charge on any atom is -0.307 e. The van der Waals surface area contributed by atoms with Crippen molar-refractivity contribution < 1.29 is 4.79 Å². The van der Waals surface area contributed by atoms with Crippen LogP contribution in [0.25, 0.3) is 0 Å². The zero-order chi connectivity index (χ0) is 9.14. The van der Waals surface area contributed by atoms with E-state index in [1.807, 2.05) is 0 Å². The van der Waals surface area contributed by atoms with E-state index in [4.69, 9.17) is 11.6 Å². The van der Waals surface area contributed by atoms with Crippen LogP contribution in [0.5, 0.6) is 0 Å². The molecule has 0 N–H and O–H groups in total. The SMILES string of the molecule is CN(C(=O)S)c1cccc(Cl)c1. The van der Waals surface area contributed by atoms with Gasteiger partial charge in [0.1, 0.15) is 0 Å². The van der Waals surface area contributed by atoms with Crippen molar-refractivity contribution in [3.63, 3.8) is 0 Å². The van der Waals surface area contributed by atoms with Gasteiger partial charge in [0, 0.05) is 17.8 Å². The Morgan fingerprint density at radius 1 is 1.58 bits per heavy atom. The molecule has 1 amide bonds. The number of rotatable bonds is 1. The van der Waals surface area contributed by atoms with Crippen LogP contribution in [0.15, 0.2) is 24.3 Å². The molecule has 0 aliphatic heterocycles. The van der Waals surface area contributed by atoms with Gasteiger partial charge in [-0.25, -0.2) is 0 Å². The van der Waals surface area contributed by atoms with Crippen LogP contribution in [0.1, 0.15) is 0 Å². The number of carbonyl (C=O) groups is 1. The molecule has 0 radical (unpaired) electrons. The van der Waals surface area contributed by atoms with E-state index in [1.54, 1.807) is 31.3 Å². The zero-order valence-corrected chi connectivity index (χ0v) is 8.14. The van der Waals surface area contributed by atoms with Gasteiger partial charge in [-0.15, -0.1) is 0 Å². The van der Waals surface area contributed by atoms with E-state index in [1.165, 1.54) is 4.90 Å². The fourth-order valence-corrected chi connectivity index (χ4v) is 1.10. The molecule has 0 heterocycles. The van der Waals surface area contributed by atoms with Crippen molar-refractivity contribution in [3.8, 4) is 0 Å². The lowest BCUT2D eigenvalue weighted by molar-refractivity contribution is 0.266. The molecule has 0 bridgehead atoms. The molecule has 0 unspecified atom stereocenters. The summed E-state index contributed by atoms with van der Waals surface area (Å²) in [4.78, 5) is 12.2. The second-order valence-corrected chi connectivity index (χ2v) is 3.14. The highest BCUT2D eigenvalue weighted by Crippen LogP contribution is 2.18. The molecule has 0 atom stereocenters. The van der Waals surface area contributed by atoms with Crippen LogP contribution in [0.3, 0.4) is 0 Å².